The van der Waals surface area contributed by atoms with Crippen molar-refractivity contribution in [2.75, 3.05) is 38.6 Å². The third-order valence-corrected chi connectivity index (χ3v) is 3.90. The molecule has 0 bridgehead atoms. The predicted molar refractivity (Wildman–Crippen MR) is 81.6 cm³/mol. The zero-order chi connectivity index (χ0) is 14.7. The molecule has 0 aliphatic carbocycles. The molecule has 1 aromatic heterocycles. The van der Waals surface area contributed by atoms with Crippen LogP contribution in [0.25, 0.3) is 10.9 Å². The van der Waals surface area contributed by atoms with Crippen LogP contribution in [0.2, 0.25) is 0 Å². The predicted octanol–water partition coefficient (Wildman–Crippen LogP) is 1.86. The highest BCUT2D eigenvalue weighted by Crippen LogP contribution is 2.21. The summed E-state index contributed by atoms with van der Waals surface area (Å²) in [5.41, 5.74) is 1.36. The molecule has 112 valence electrons. The van der Waals surface area contributed by atoms with E-state index >= 15 is 0 Å². The zero-order valence-corrected chi connectivity index (χ0v) is 12.2. The Labute approximate surface area is 123 Å². The van der Waals surface area contributed by atoms with Crippen molar-refractivity contribution in [3.8, 4) is 0 Å². The van der Waals surface area contributed by atoms with E-state index in [0.29, 0.717) is 5.56 Å². The summed E-state index contributed by atoms with van der Waals surface area (Å²) in [6, 6.07) is 5.42. The van der Waals surface area contributed by atoms with Crippen molar-refractivity contribution < 1.29 is 9.53 Å². The quantitative estimate of drug-likeness (QED) is 0.822. The fourth-order valence-electron chi connectivity index (χ4n) is 2.74. The maximum Gasteiger partial charge on any atom is 0.337 e. The van der Waals surface area contributed by atoms with E-state index in [2.05, 4.69) is 20.4 Å². The van der Waals surface area contributed by atoms with Crippen LogP contribution in [0.5, 0.6) is 0 Å². The second-order valence-corrected chi connectivity index (χ2v) is 5.30. The van der Waals surface area contributed by atoms with Crippen LogP contribution in [0.3, 0.4) is 0 Å². The Morgan fingerprint density at radius 2 is 2.24 bits per heavy atom. The van der Waals surface area contributed by atoms with Crippen LogP contribution in [-0.2, 0) is 4.74 Å². The van der Waals surface area contributed by atoms with Crippen molar-refractivity contribution >= 4 is 22.7 Å². The number of hydrogen-bond acceptors (Lipinski definition) is 5. The Morgan fingerprint density at radius 3 is 3.00 bits per heavy atom. The summed E-state index contributed by atoms with van der Waals surface area (Å²) < 4.78 is 4.72. The van der Waals surface area contributed by atoms with Gasteiger partial charge >= 0.3 is 5.97 Å². The molecule has 0 amide bonds. The van der Waals surface area contributed by atoms with Crippen LogP contribution in [0, 0.1) is 0 Å². The van der Waals surface area contributed by atoms with Crippen molar-refractivity contribution in [1.29, 1.82) is 0 Å². The first-order chi connectivity index (χ1) is 10.3. The zero-order valence-electron chi connectivity index (χ0n) is 12.2. The smallest absolute Gasteiger partial charge is 0.337 e. The number of nitrogens with zero attached hydrogens (tertiary/aromatic N) is 2. The molecule has 0 spiro atoms. The highest BCUT2D eigenvalue weighted by atomic mass is 16.5. The maximum absolute atomic E-state index is 11.5. The van der Waals surface area contributed by atoms with Gasteiger partial charge in [0, 0.05) is 18.5 Å². The number of anilines is 1. The molecule has 1 aromatic carbocycles. The Kier molecular flexibility index (Phi) is 4.06. The molecule has 1 saturated heterocycles. The number of carbonyl (C=O) groups is 1. The first-order valence-electron chi connectivity index (χ1n) is 7.30. The summed E-state index contributed by atoms with van der Waals surface area (Å²) in [7, 11) is 1.38. The topological polar surface area (TPSA) is 70.2 Å². The van der Waals surface area contributed by atoms with Gasteiger partial charge in [-0.05, 0) is 44.1 Å². The number of carbonyl (C=O) groups excluding carboxylic acids is 1. The summed E-state index contributed by atoms with van der Waals surface area (Å²) in [4.78, 5) is 14.0. The second kappa shape index (κ2) is 6.13. The number of aromatic nitrogens is 2. The lowest BCUT2D eigenvalue weighted by molar-refractivity contribution is 0.0601. The molecule has 2 heterocycles. The van der Waals surface area contributed by atoms with Crippen molar-refractivity contribution in [2.24, 2.45) is 0 Å². The highest BCUT2D eigenvalue weighted by molar-refractivity contribution is 5.97. The molecular weight excluding hydrogens is 268 g/mol. The number of methoxy groups -OCH3 is 1. The first kappa shape index (κ1) is 13.9. The van der Waals surface area contributed by atoms with Crippen molar-refractivity contribution in [1.82, 2.24) is 15.1 Å². The molecule has 1 fully saturated rings. The molecule has 6 nitrogen and oxygen atoms in total. The second-order valence-electron chi connectivity index (χ2n) is 5.30. The third-order valence-electron chi connectivity index (χ3n) is 3.90. The first-order valence-corrected chi connectivity index (χ1v) is 7.30. The average Bonchev–Trinajstić information content (AvgIpc) is 3.16. The number of hydrogen-bond donors (Lipinski definition) is 2. The minimum atomic E-state index is -0.338. The number of likely N-dealkylation sites (tertiary alicyclic amines) is 1. The number of aromatic amines is 1. The average molecular weight is 288 g/mol. The van der Waals surface area contributed by atoms with Gasteiger partial charge in [0.15, 0.2) is 5.82 Å². The van der Waals surface area contributed by atoms with E-state index in [9.17, 15) is 4.79 Å². The van der Waals surface area contributed by atoms with Gasteiger partial charge in [-0.1, -0.05) is 0 Å². The molecule has 3 rings (SSSR count). The Hall–Kier alpha value is -2.08. The van der Waals surface area contributed by atoms with Crippen LogP contribution in [0.1, 0.15) is 23.2 Å². The standard InChI is InChI=1S/C15H20N4O2/c1-21-15(20)11-4-5-12-13(10-11)17-18-14(12)16-6-9-19-7-2-3-8-19/h4-5,10H,2-3,6-9H2,1H3,(H2,16,17,18). The number of nitrogens with one attached hydrogen (secondary N) is 2. The summed E-state index contributed by atoms with van der Waals surface area (Å²) in [6.45, 7) is 4.31. The highest BCUT2D eigenvalue weighted by Gasteiger charge is 2.12. The largest absolute Gasteiger partial charge is 0.465 e. The van der Waals surface area contributed by atoms with Gasteiger partial charge in [-0.2, -0.15) is 5.10 Å². The molecule has 0 atom stereocenters. The van der Waals surface area contributed by atoms with E-state index in [4.69, 9.17) is 4.74 Å². The van der Waals surface area contributed by atoms with E-state index in [1.54, 1.807) is 12.1 Å². The van der Waals surface area contributed by atoms with Crippen LogP contribution < -0.4 is 5.32 Å². The van der Waals surface area contributed by atoms with E-state index in [0.717, 1.165) is 29.8 Å². The summed E-state index contributed by atoms with van der Waals surface area (Å²) in [5.74, 6) is 0.496. The Balaban J connectivity index is 1.67. The fraction of sp³-hybridized carbons (Fsp3) is 0.467. The van der Waals surface area contributed by atoms with Gasteiger partial charge in [-0.15, -0.1) is 0 Å². The monoisotopic (exact) mass is 288 g/mol. The minimum Gasteiger partial charge on any atom is -0.465 e. The number of fused-ring (bicyclic) bond motifs is 1. The summed E-state index contributed by atoms with van der Waals surface area (Å²) in [5, 5.41) is 11.6. The normalized spacial score (nSPS) is 15.5. The fourth-order valence-corrected chi connectivity index (χ4v) is 2.74. The molecular formula is C15H20N4O2. The molecule has 6 heteroatoms. The number of esters is 1. The van der Waals surface area contributed by atoms with Gasteiger partial charge in [0.25, 0.3) is 0 Å². The van der Waals surface area contributed by atoms with Crippen LogP contribution >= 0.6 is 0 Å². The van der Waals surface area contributed by atoms with Gasteiger partial charge in [0.2, 0.25) is 0 Å². The molecule has 2 aromatic rings. The van der Waals surface area contributed by atoms with Crippen molar-refractivity contribution in [2.45, 2.75) is 12.8 Å². The van der Waals surface area contributed by atoms with Crippen LogP contribution in [0.4, 0.5) is 5.82 Å². The number of benzene rings is 1. The van der Waals surface area contributed by atoms with Gasteiger partial charge in [0.1, 0.15) is 0 Å². The molecule has 2 N–H and O–H groups in total. The SMILES string of the molecule is COC(=O)c1ccc2c(NCCN3CCCC3)n[nH]c2c1. The molecule has 0 saturated carbocycles. The van der Waals surface area contributed by atoms with Gasteiger partial charge in [0.05, 0.1) is 18.2 Å². The van der Waals surface area contributed by atoms with Gasteiger partial charge < -0.3 is 15.0 Å². The molecule has 21 heavy (non-hydrogen) atoms. The van der Waals surface area contributed by atoms with E-state index < -0.39 is 0 Å². The lowest BCUT2D eigenvalue weighted by Gasteiger charge is -2.14. The lowest BCUT2D eigenvalue weighted by Crippen LogP contribution is -2.26. The molecule has 0 unspecified atom stereocenters. The summed E-state index contributed by atoms with van der Waals surface area (Å²) in [6.07, 6.45) is 2.61. The van der Waals surface area contributed by atoms with Crippen LogP contribution in [-0.4, -0.2) is 54.4 Å². The van der Waals surface area contributed by atoms with E-state index in [1.165, 1.54) is 33.0 Å². The van der Waals surface area contributed by atoms with Crippen molar-refractivity contribution in [3.05, 3.63) is 23.8 Å². The number of rotatable bonds is 5. The molecule has 0 radical (unpaired) electrons. The summed E-state index contributed by atoms with van der Waals surface area (Å²) >= 11 is 0. The molecule has 1 aliphatic heterocycles. The Morgan fingerprint density at radius 1 is 1.43 bits per heavy atom. The van der Waals surface area contributed by atoms with Crippen molar-refractivity contribution in [3.63, 3.8) is 0 Å². The molecule has 1 aliphatic rings. The maximum atomic E-state index is 11.5. The third kappa shape index (κ3) is 3.00. The van der Waals surface area contributed by atoms with Gasteiger partial charge in [-0.25, -0.2) is 4.79 Å². The Bertz CT molecular complexity index is 632. The van der Waals surface area contributed by atoms with Gasteiger partial charge in [-0.3, -0.25) is 5.10 Å². The van der Waals surface area contributed by atoms with E-state index in [-0.39, 0.29) is 5.97 Å². The number of H-pyrrole nitrogens is 1. The van der Waals surface area contributed by atoms with E-state index in [1.807, 2.05) is 6.07 Å². The number of ether oxygens (including phenoxy) is 1. The minimum absolute atomic E-state index is 0.338. The lowest BCUT2D eigenvalue weighted by atomic mass is 10.1. The van der Waals surface area contributed by atoms with Crippen LogP contribution in [0.15, 0.2) is 18.2 Å².